The lowest BCUT2D eigenvalue weighted by molar-refractivity contribution is -0.0103. The lowest BCUT2D eigenvalue weighted by atomic mass is 9.86. The van der Waals surface area contributed by atoms with Gasteiger partial charge in [-0.1, -0.05) is 0 Å². The zero-order valence-electron chi connectivity index (χ0n) is 14.3. The summed E-state index contributed by atoms with van der Waals surface area (Å²) >= 11 is 0. The van der Waals surface area contributed by atoms with Gasteiger partial charge in [-0.15, -0.1) is 10.2 Å². The Kier molecular flexibility index (Phi) is 3.71. The monoisotopic (exact) mass is 349 g/mol. The standard InChI is InChI=1S/C20H19N3O3/c24-17-7-10-25-18-3-1-14(11-15(17)18)16-2-4-20(22-21-16)26-19-12-23-8-5-13(19)6-9-23/h1-4,7,10-11,13,19H,5-6,8-9,12H2/t19-/m0/s1. The molecule has 1 aromatic carbocycles. The van der Waals surface area contributed by atoms with E-state index in [4.69, 9.17) is 9.15 Å². The van der Waals surface area contributed by atoms with Crippen LogP contribution in [-0.4, -0.2) is 40.8 Å². The first-order chi connectivity index (χ1) is 12.8. The Balaban J connectivity index is 1.38. The number of hydrogen-bond acceptors (Lipinski definition) is 6. The maximum atomic E-state index is 12.0. The van der Waals surface area contributed by atoms with E-state index in [2.05, 4.69) is 15.1 Å². The van der Waals surface area contributed by atoms with Crippen LogP contribution >= 0.6 is 0 Å². The van der Waals surface area contributed by atoms with E-state index >= 15 is 0 Å². The molecule has 132 valence electrons. The second-order valence-corrected chi connectivity index (χ2v) is 7.05. The smallest absolute Gasteiger partial charge is 0.233 e. The molecule has 2 bridgehead atoms. The van der Waals surface area contributed by atoms with E-state index < -0.39 is 0 Å². The van der Waals surface area contributed by atoms with Gasteiger partial charge in [-0.25, -0.2) is 0 Å². The van der Waals surface area contributed by atoms with Crippen molar-refractivity contribution >= 4 is 11.0 Å². The first kappa shape index (κ1) is 15.5. The van der Waals surface area contributed by atoms with Gasteiger partial charge in [0, 0.05) is 24.2 Å². The van der Waals surface area contributed by atoms with E-state index in [1.165, 1.54) is 38.3 Å². The number of rotatable bonds is 3. The molecule has 3 aliphatic rings. The van der Waals surface area contributed by atoms with Crippen molar-refractivity contribution in [1.29, 1.82) is 0 Å². The number of aromatic nitrogens is 2. The van der Waals surface area contributed by atoms with Gasteiger partial charge < -0.3 is 9.15 Å². The Hall–Kier alpha value is -2.73. The number of piperidine rings is 3. The van der Waals surface area contributed by atoms with Crippen molar-refractivity contribution in [2.75, 3.05) is 19.6 Å². The predicted octanol–water partition coefficient (Wildman–Crippen LogP) is 2.72. The fraction of sp³-hybridized carbons (Fsp3) is 0.350. The summed E-state index contributed by atoms with van der Waals surface area (Å²) in [5, 5.41) is 9.08. The minimum absolute atomic E-state index is 0.0663. The minimum atomic E-state index is -0.0663. The van der Waals surface area contributed by atoms with E-state index in [1.807, 2.05) is 18.2 Å². The van der Waals surface area contributed by atoms with E-state index in [0.717, 1.165) is 12.1 Å². The van der Waals surface area contributed by atoms with Crippen LogP contribution < -0.4 is 10.2 Å². The summed E-state index contributed by atoms with van der Waals surface area (Å²) < 4.78 is 11.4. The Morgan fingerprint density at radius 2 is 1.96 bits per heavy atom. The zero-order valence-corrected chi connectivity index (χ0v) is 14.3. The average molecular weight is 349 g/mol. The van der Waals surface area contributed by atoms with Gasteiger partial charge in [-0.3, -0.25) is 9.69 Å². The lowest BCUT2D eigenvalue weighted by Gasteiger charge is -2.44. The Morgan fingerprint density at radius 1 is 1.08 bits per heavy atom. The highest BCUT2D eigenvalue weighted by Gasteiger charge is 2.35. The van der Waals surface area contributed by atoms with Crippen LogP contribution in [0.2, 0.25) is 0 Å². The van der Waals surface area contributed by atoms with Gasteiger partial charge in [-0.05, 0) is 56.1 Å². The third kappa shape index (κ3) is 2.76. The van der Waals surface area contributed by atoms with Crippen molar-refractivity contribution in [3.05, 3.63) is 52.9 Å². The molecule has 3 aromatic rings. The molecular weight excluding hydrogens is 330 g/mol. The summed E-state index contributed by atoms with van der Waals surface area (Å²) in [7, 11) is 0. The van der Waals surface area contributed by atoms with Gasteiger partial charge in [0.1, 0.15) is 11.7 Å². The summed E-state index contributed by atoms with van der Waals surface area (Å²) in [5.41, 5.74) is 2.04. The SMILES string of the molecule is O=c1ccoc2ccc(-c3ccc(O[C@H]4CN5CCC4CC5)nn3)cc12. The fourth-order valence-corrected chi connectivity index (χ4v) is 3.98. The largest absolute Gasteiger partial charge is 0.472 e. The average Bonchev–Trinajstić information content (AvgIpc) is 2.70. The van der Waals surface area contributed by atoms with Gasteiger partial charge in [0.25, 0.3) is 0 Å². The van der Waals surface area contributed by atoms with Crippen LogP contribution in [-0.2, 0) is 0 Å². The molecule has 5 heterocycles. The molecular formula is C20H19N3O3. The molecule has 0 N–H and O–H groups in total. The number of ether oxygens (including phenoxy) is 1. The summed E-state index contributed by atoms with van der Waals surface area (Å²) in [4.78, 5) is 14.4. The summed E-state index contributed by atoms with van der Waals surface area (Å²) in [6.07, 6.45) is 4.03. The molecule has 3 saturated heterocycles. The third-order valence-corrected chi connectivity index (χ3v) is 5.46. The van der Waals surface area contributed by atoms with Crippen molar-refractivity contribution < 1.29 is 9.15 Å². The van der Waals surface area contributed by atoms with E-state index in [0.29, 0.717) is 28.5 Å². The van der Waals surface area contributed by atoms with E-state index in [1.54, 1.807) is 12.1 Å². The molecule has 1 atom stereocenters. The Bertz CT molecular complexity index is 991. The van der Waals surface area contributed by atoms with Crippen LogP contribution in [0.5, 0.6) is 5.88 Å². The molecule has 6 heteroatoms. The first-order valence-electron chi connectivity index (χ1n) is 9.01. The van der Waals surface area contributed by atoms with Crippen LogP contribution in [0.3, 0.4) is 0 Å². The quantitative estimate of drug-likeness (QED) is 0.724. The predicted molar refractivity (Wildman–Crippen MR) is 97.1 cm³/mol. The summed E-state index contributed by atoms with van der Waals surface area (Å²) in [5.74, 6) is 1.19. The normalized spacial score (nSPS) is 24.7. The van der Waals surface area contributed by atoms with Crippen LogP contribution in [0.1, 0.15) is 12.8 Å². The van der Waals surface area contributed by atoms with Crippen LogP contribution in [0.25, 0.3) is 22.2 Å². The maximum absolute atomic E-state index is 12.0. The second kappa shape index (κ2) is 6.21. The molecule has 3 aliphatic heterocycles. The fourth-order valence-electron chi connectivity index (χ4n) is 3.98. The van der Waals surface area contributed by atoms with Crippen LogP contribution in [0.4, 0.5) is 0 Å². The molecule has 0 spiro atoms. The number of fused-ring (bicyclic) bond motifs is 4. The van der Waals surface area contributed by atoms with Gasteiger partial charge in [0.15, 0.2) is 5.43 Å². The zero-order chi connectivity index (χ0) is 17.5. The topological polar surface area (TPSA) is 68.5 Å². The maximum Gasteiger partial charge on any atom is 0.233 e. The molecule has 6 rings (SSSR count). The molecule has 0 saturated carbocycles. The van der Waals surface area contributed by atoms with Crippen LogP contribution in [0.15, 0.2) is 51.9 Å². The summed E-state index contributed by atoms with van der Waals surface area (Å²) in [6.45, 7) is 3.35. The molecule has 0 amide bonds. The van der Waals surface area contributed by atoms with Crippen molar-refractivity contribution in [2.45, 2.75) is 18.9 Å². The molecule has 6 nitrogen and oxygen atoms in total. The highest BCUT2D eigenvalue weighted by molar-refractivity contribution is 5.81. The van der Waals surface area contributed by atoms with Gasteiger partial charge in [0.05, 0.1) is 17.3 Å². The van der Waals surface area contributed by atoms with Crippen LogP contribution in [0, 0.1) is 5.92 Å². The van der Waals surface area contributed by atoms with Gasteiger partial charge in [0.2, 0.25) is 5.88 Å². The van der Waals surface area contributed by atoms with Crippen molar-refractivity contribution in [1.82, 2.24) is 15.1 Å². The molecule has 2 aromatic heterocycles. The highest BCUT2D eigenvalue weighted by Crippen LogP contribution is 2.30. The third-order valence-electron chi connectivity index (χ3n) is 5.46. The second-order valence-electron chi connectivity index (χ2n) is 7.05. The highest BCUT2D eigenvalue weighted by atomic mass is 16.5. The van der Waals surface area contributed by atoms with E-state index in [9.17, 15) is 4.79 Å². The number of nitrogens with zero attached hydrogens (tertiary/aromatic N) is 3. The number of benzene rings is 1. The molecule has 0 aliphatic carbocycles. The Morgan fingerprint density at radius 3 is 2.69 bits per heavy atom. The molecule has 0 unspecified atom stereocenters. The molecule has 0 radical (unpaired) electrons. The first-order valence-corrected chi connectivity index (χ1v) is 9.01. The lowest BCUT2D eigenvalue weighted by Crippen LogP contribution is -2.52. The van der Waals surface area contributed by atoms with E-state index in [-0.39, 0.29) is 11.5 Å². The van der Waals surface area contributed by atoms with Crippen molar-refractivity contribution in [2.24, 2.45) is 5.92 Å². The van der Waals surface area contributed by atoms with Crippen molar-refractivity contribution in [3.63, 3.8) is 0 Å². The van der Waals surface area contributed by atoms with Crippen molar-refractivity contribution in [3.8, 4) is 17.1 Å². The number of hydrogen-bond donors (Lipinski definition) is 0. The minimum Gasteiger partial charge on any atom is -0.472 e. The van der Waals surface area contributed by atoms with Gasteiger partial charge in [-0.2, -0.15) is 0 Å². The van der Waals surface area contributed by atoms with Gasteiger partial charge >= 0.3 is 0 Å². The molecule has 3 fully saturated rings. The summed E-state index contributed by atoms with van der Waals surface area (Å²) in [6, 6.07) is 10.6. The Labute approximate surface area is 150 Å². The molecule has 26 heavy (non-hydrogen) atoms.